The van der Waals surface area contributed by atoms with Gasteiger partial charge >= 0.3 is 6.18 Å². The Labute approximate surface area is 96.0 Å². The summed E-state index contributed by atoms with van der Waals surface area (Å²) < 4.78 is 37.1. The summed E-state index contributed by atoms with van der Waals surface area (Å²) in [5.41, 5.74) is 5.55. The van der Waals surface area contributed by atoms with Gasteiger partial charge in [-0.2, -0.15) is 13.2 Å². The van der Waals surface area contributed by atoms with Crippen LogP contribution < -0.4 is 5.73 Å². The van der Waals surface area contributed by atoms with Gasteiger partial charge in [0.25, 0.3) is 0 Å². The first-order valence-corrected chi connectivity index (χ1v) is 5.95. The number of alkyl halides is 3. The number of nitrogens with two attached hydrogens (primary N) is 1. The van der Waals surface area contributed by atoms with Gasteiger partial charge in [0.05, 0.1) is 6.54 Å². The second kappa shape index (κ2) is 7.90. The summed E-state index contributed by atoms with van der Waals surface area (Å²) in [5.74, 6) is 0. The third-order valence-electron chi connectivity index (χ3n) is 2.57. The zero-order valence-corrected chi connectivity index (χ0v) is 10.2. The fourth-order valence-electron chi connectivity index (χ4n) is 1.80. The Morgan fingerprint density at radius 3 is 2.19 bits per heavy atom. The van der Waals surface area contributed by atoms with Crippen LogP contribution in [0.15, 0.2) is 0 Å². The van der Waals surface area contributed by atoms with E-state index in [1.165, 1.54) is 4.90 Å². The van der Waals surface area contributed by atoms with Crippen molar-refractivity contribution in [3.8, 4) is 0 Å². The van der Waals surface area contributed by atoms with E-state index >= 15 is 0 Å². The molecule has 2 nitrogen and oxygen atoms in total. The van der Waals surface area contributed by atoms with Crippen molar-refractivity contribution in [3.63, 3.8) is 0 Å². The third-order valence-corrected chi connectivity index (χ3v) is 2.57. The molecule has 0 fully saturated rings. The lowest BCUT2D eigenvalue weighted by molar-refractivity contribution is -0.150. The van der Waals surface area contributed by atoms with Crippen LogP contribution in [0.25, 0.3) is 0 Å². The van der Waals surface area contributed by atoms with E-state index in [0.717, 1.165) is 25.7 Å². The lowest BCUT2D eigenvalue weighted by Gasteiger charge is -2.31. The minimum Gasteiger partial charge on any atom is -0.329 e. The molecular weight excluding hydrogens is 217 g/mol. The summed E-state index contributed by atoms with van der Waals surface area (Å²) in [4.78, 5) is 1.47. The first-order chi connectivity index (χ1) is 7.44. The molecule has 16 heavy (non-hydrogen) atoms. The molecule has 0 aromatic rings. The van der Waals surface area contributed by atoms with Crippen LogP contribution in [0.1, 0.15) is 39.5 Å². The van der Waals surface area contributed by atoms with Crippen LogP contribution in [0.3, 0.4) is 0 Å². The highest BCUT2D eigenvalue weighted by molar-refractivity contribution is 4.74. The standard InChI is InChI=1S/C11H23F3N2/c1-3-5-6-10(8-15)16(7-4-2)9-11(12,13)14/h10H,3-9,15H2,1-2H3. The van der Waals surface area contributed by atoms with Crippen LogP contribution >= 0.6 is 0 Å². The van der Waals surface area contributed by atoms with Crippen LogP contribution in [0.4, 0.5) is 13.2 Å². The van der Waals surface area contributed by atoms with E-state index in [2.05, 4.69) is 0 Å². The maximum atomic E-state index is 12.4. The molecule has 5 heteroatoms. The van der Waals surface area contributed by atoms with Gasteiger partial charge in [-0.05, 0) is 19.4 Å². The normalized spacial score (nSPS) is 14.4. The van der Waals surface area contributed by atoms with E-state index in [4.69, 9.17) is 5.73 Å². The summed E-state index contributed by atoms with van der Waals surface area (Å²) in [6.45, 7) is 3.84. The largest absolute Gasteiger partial charge is 0.401 e. The lowest BCUT2D eigenvalue weighted by atomic mass is 10.1. The van der Waals surface area contributed by atoms with Gasteiger partial charge in [-0.3, -0.25) is 4.90 Å². The average molecular weight is 240 g/mol. The molecule has 0 aliphatic rings. The Kier molecular flexibility index (Phi) is 7.76. The molecular formula is C11H23F3N2. The molecule has 1 atom stereocenters. The molecule has 0 aromatic heterocycles. The van der Waals surface area contributed by atoms with Crippen LogP contribution in [0, 0.1) is 0 Å². The van der Waals surface area contributed by atoms with Gasteiger partial charge < -0.3 is 5.73 Å². The van der Waals surface area contributed by atoms with Gasteiger partial charge in [-0.15, -0.1) is 0 Å². The second-order valence-corrected chi connectivity index (χ2v) is 4.12. The van der Waals surface area contributed by atoms with Gasteiger partial charge in [0.2, 0.25) is 0 Å². The average Bonchev–Trinajstić information content (AvgIpc) is 2.17. The Morgan fingerprint density at radius 1 is 1.19 bits per heavy atom. The van der Waals surface area contributed by atoms with E-state index in [9.17, 15) is 13.2 Å². The number of hydrogen-bond acceptors (Lipinski definition) is 2. The Hall–Kier alpha value is -0.290. The van der Waals surface area contributed by atoms with E-state index in [1.54, 1.807) is 0 Å². The van der Waals surface area contributed by atoms with Gasteiger partial charge in [-0.1, -0.05) is 26.7 Å². The minimum absolute atomic E-state index is 0.137. The van der Waals surface area contributed by atoms with Crippen molar-refractivity contribution in [2.75, 3.05) is 19.6 Å². The number of nitrogens with zero attached hydrogens (tertiary/aromatic N) is 1. The summed E-state index contributed by atoms with van der Waals surface area (Å²) in [5, 5.41) is 0. The smallest absolute Gasteiger partial charge is 0.329 e. The van der Waals surface area contributed by atoms with E-state index < -0.39 is 12.7 Å². The summed E-state index contributed by atoms with van der Waals surface area (Å²) in [7, 11) is 0. The van der Waals surface area contributed by atoms with Crippen molar-refractivity contribution in [1.82, 2.24) is 4.90 Å². The first-order valence-electron chi connectivity index (χ1n) is 5.95. The van der Waals surface area contributed by atoms with Crippen molar-refractivity contribution in [1.29, 1.82) is 0 Å². The van der Waals surface area contributed by atoms with Crippen molar-refractivity contribution in [2.24, 2.45) is 5.73 Å². The summed E-state index contributed by atoms with van der Waals surface area (Å²) in [6, 6.07) is -0.137. The van der Waals surface area contributed by atoms with Crippen LogP contribution in [-0.4, -0.2) is 36.8 Å². The molecule has 98 valence electrons. The molecule has 0 saturated heterocycles. The van der Waals surface area contributed by atoms with Crippen LogP contribution in [0.5, 0.6) is 0 Å². The third kappa shape index (κ3) is 7.06. The van der Waals surface area contributed by atoms with Gasteiger partial charge in [0, 0.05) is 12.6 Å². The molecule has 0 radical (unpaired) electrons. The van der Waals surface area contributed by atoms with E-state index in [0.29, 0.717) is 13.1 Å². The number of halogens is 3. The molecule has 0 bridgehead atoms. The Balaban J connectivity index is 4.33. The fourth-order valence-corrected chi connectivity index (χ4v) is 1.80. The van der Waals surface area contributed by atoms with Crippen molar-refractivity contribution < 1.29 is 13.2 Å². The van der Waals surface area contributed by atoms with Crippen LogP contribution in [-0.2, 0) is 0 Å². The van der Waals surface area contributed by atoms with Gasteiger partial charge in [0.1, 0.15) is 0 Å². The predicted molar refractivity (Wildman–Crippen MR) is 60.3 cm³/mol. The molecule has 0 heterocycles. The highest BCUT2D eigenvalue weighted by atomic mass is 19.4. The molecule has 0 saturated carbocycles. The maximum absolute atomic E-state index is 12.4. The molecule has 0 spiro atoms. The monoisotopic (exact) mass is 240 g/mol. The Morgan fingerprint density at radius 2 is 1.81 bits per heavy atom. The van der Waals surface area contributed by atoms with Crippen molar-refractivity contribution in [2.45, 2.75) is 51.7 Å². The maximum Gasteiger partial charge on any atom is 0.401 e. The Bertz CT molecular complexity index is 171. The molecule has 0 aliphatic carbocycles. The minimum atomic E-state index is -4.13. The molecule has 2 N–H and O–H groups in total. The summed E-state index contributed by atoms with van der Waals surface area (Å²) >= 11 is 0. The van der Waals surface area contributed by atoms with Gasteiger partial charge in [-0.25, -0.2) is 0 Å². The fraction of sp³-hybridized carbons (Fsp3) is 1.00. The SMILES string of the molecule is CCCCC(CN)N(CCC)CC(F)(F)F. The first kappa shape index (κ1) is 15.7. The van der Waals surface area contributed by atoms with E-state index in [-0.39, 0.29) is 6.04 Å². The van der Waals surface area contributed by atoms with Gasteiger partial charge in [0.15, 0.2) is 0 Å². The highest BCUT2D eigenvalue weighted by Gasteiger charge is 2.32. The number of hydrogen-bond donors (Lipinski definition) is 1. The molecule has 0 aliphatic heterocycles. The highest BCUT2D eigenvalue weighted by Crippen LogP contribution is 2.19. The zero-order valence-electron chi connectivity index (χ0n) is 10.2. The lowest BCUT2D eigenvalue weighted by Crippen LogP contribution is -2.45. The van der Waals surface area contributed by atoms with E-state index in [1.807, 2.05) is 13.8 Å². The van der Waals surface area contributed by atoms with Crippen molar-refractivity contribution in [3.05, 3.63) is 0 Å². The number of rotatable bonds is 8. The second-order valence-electron chi connectivity index (χ2n) is 4.12. The quantitative estimate of drug-likeness (QED) is 0.707. The summed E-state index contributed by atoms with van der Waals surface area (Å²) in [6.07, 6.45) is -0.737. The predicted octanol–water partition coefficient (Wildman–Crippen LogP) is 2.78. The van der Waals surface area contributed by atoms with Crippen LogP contribution in [0.2, 0.25) is 0 Å². The molecule has 0 amide bonds. The number of unbranched alkanes of at least 4 members (excludes halogenated alkanes) is 1. The zero-order chi connectivity index (χ0) is 12.6. The molecule has 1 unspecified atom stereocenters. The molecule has 0 rings (SSSR count). The van der Waals surface area contributed by atoms with Crippen molar-refractivity contribution >= 4 is 0 Å². The molecule has 0 aromatic carbocycles. The topological polar surface area (TPSA) is 29.3 Å².